The van der Waals surface area contributed by atoms with Gasteiger partial charge in [0.2, 0.25) is 10.0 Å². The van der Waals surface area contributed by atoms with E-state index in [-0.39, 0.29) is 23.9 Å². The maximum atomic E-state index is 13.2. The molecule has 3 heterocycles. The van der Waals surface area contributed by atoms with E-state index in [4.69, 9.17) is 0 Å². The van der Waals surface area contributed by atoms with Crippen LogP contribution >= 0.6 is 0 Å². The number of carbonyl (C=O) groups is 1. The van der Waals surface area contributed by atoms with Crippen LogP contribution in [0, 0.1) is 27.7 Å². The smallest absolute Gasteiger partial charge is 0.253 e. The molecule has 0 aliphatic carbocycles. The molecule has 2 aromatic heterocycles. The number of aromatic nitrogens is 3. The first-order valence-electron chi connectivity index (χ1n) is 10.7. The van der Waals surface area contributed by atoms with E-state index in [9.17, 15) is 13.2 Å². The molecular formula is C23H29N5O3S. The molecule has 1 saturated heterocycles. The van der Waals surface area contributed by atoms with Crippen LogP contribution in [0.4, 0.5) is 0 Å². The number of carbonyl (C=O) groups excluding carboxylic acids is 1. The Kier molecular flexibility index (Phi) is 5.72. The topological polar surface area (TPSA) is 80.4 Å². The first kappa shape index (κ1) is 22.3. The van der Waals surface area contributed by atoms with E-state index in [2.05, 4.69) is 21.8 Å². The van der Waals surface area contributed by atoms with Crippen molar-refractivity contribution in [2.45, 2.75) is 32.6 Å². The van der Waals surface area contributed by atoms with Gasteiger partial charge in [0.1, 0.15) is 4.90 Å². The maximum Gasteiger partial charge on any atom is 0.253 e. The van der Waals surface area contributed by atoms with Crippen LogP contribution in [0.1, 0.15) is 33.1 Å². The van der Waals surface area contributed by atoms with E-state index in [0.717, 1.165) is 17.1 Å². The Bertz CT molecular complexity index is 1240. The lowest BCUT2D eigenvalue weighted by Crippen LogP contribution is -2.50. The van der Waals surface area contributed by atoms with Gasteiger partial charge in [-0.3, -0.25) is 9.48 Å². The molecule has 1 fully saturated rings. The molecule has 8 nitrogen and oxygen atoms in total. The Balaban J connectivity index is 1.46. The second kappa shape index (κ2) is 8.22. The van der Waals surface area contributed by atoms with Crippen molar-refractivity contribution in [3.05, 3.63) is 64.7 Å². The van der Waals surface area contributed by atoms with Gasteiger partial charge in [-0.25, -0.2) is 8.42 Å². The summed E-state index contributed by atoms with van der Waals surface area (Å²) in [5.74, 6) is -0.0803. The van der Waals surface area contributed by atoms with Gasteiger partial charge in [0.15, 0.2) is 0 Å². The van der Waals surface area contributed by atoms with Gasteiger partial charge in [-0.2, -0.15) is 9.40 Å². The Morgan fingerprint density at radius 1 is 0.875 bits per heavy atom. The van der Waals surface area contributed by atoms with Crippen LogP contribution in [0.2, 0.25) is 0 Å². The summed E-state index contributed by atoms with van der Waals surface area (Å²) in [4.78, 5) is 15.0. The number of hydrogen-bond donors (Lipinski definition) is 0. The summed E-state index contributed by atoms with van der Waals surface area (Å²) in [6, 6.07) is 11.7. The molecule has 0 N–H and O–H groups in total. The average molecular weight is 456 g/mol. The lowest BCUT2D eigenvalue weighted by Gasteiger charge is -2.34. The van der Waals surface area contributed by atoms with Crippen molar-refractivity contribution >= 4 is 15.9 Å². The fourth-order valence-corrected chi connectivity index (χ4v) is 6.22. The molecule has 1 amide bonds. The van der Waals surface area contributed by atoms with Crippen molar-refractivity contribution < 1.29 is 13.2 Å². The number of amides is 1. The molecule has 9 heteroatoms. The number of nitrogens with zero attached hydrogens (tertiary/aromatic N) is 5. The zero-order valence-electron chi connectivity index (χ0n) is 19.2. The van der Waals surface area contributed by atoms with Crippen molar-refractivity contribution in [2.24, 2.45) is 7.05 Å². The van der Waals surface area contributed by atoms with Gasteiger partial charge in [-0.1, -0.05) is 0 Å². The predicted octanol–water partition coefficient (Wildman–Crippen LogP) is 2.59. The van der Waals surface area contributed by atoms with Crippen LogP contribution in [0.25, 0.3) is 5.69 Å². The summed E-state index contributed by atoms with van der Waals surface area (Å²) in [5, 5.41) is 4.24. The van der Waals surface area contributed by atoms with Crippen molar-refractivity contribution in [3.8, 4) is 5.69 Å². The third-order valence-electron chi connectivity index (χ3n) is 6.21. The number of aryl methyl sites for hydroxylation is 4. The van der Waals surface area contributed by atoms with E-state index < -0.39 is 10.0 Å². The second-order valence-electron chi connectivity index (χ2n) is 8.32. The Labute approximate surface area is 189 Å². The molecule has 170 valence electrons. The normalized spacial score (nSPS) is 15.3. The number of benzene rings is 1. The van der Waals surface area contributed by atoms with Gasteiger partial charge >= 0.3 is 0 Å². The molecule has 0 unspecified atom stereocenters. The lowest BCUT2D eigenvalue weighted by atomic mass is 10.1. The SMILES string of the molecule is Cc1nn(C)c(C)c1S(=O)(=O)N1CCN(C(=O)c2ccc(-n3c(C)ccc3C)cc2)CC1. The minimum Gasteiger partial charge on any atom is -0.336 e. The summed E-state index contributed by atoms with van der Waals surface area (Å²) >= 11 is 0. The van der Waals surface area contributed by atoms with Gasteiger partial charge in [-0.15, -0.1) is 0 Å². The molecule has 1 aliphatic heterocycles. The number of piperazine rings is 1. The second-order valence-corrected chi connectivity index (χ2v) is 10.2. The highest BCUT2D eigenvalue weighted by Crippen LogP contribution is 2.24. The van der Waals surface area contributed by atoms with Crippen molar-refractivity contribution in [1.29, 1.82) is 0 Å². The molecule has 32 heavy (non-hydrogen) atoms. The molecule has 0 saturated carbocycles. The van der Waals surface area contributed by atoms with Crippen molar-refractivity contribution in [3.63, 3.8) is 0 Å². The van der Waals surface area contributed by atoms with Crippen molar-refractivity contribution in [2.75, 3.05) is 26.2 Å². The fourth-order valence-electron chi connectivity index (χ4n) is 4.40. The van der Waals surface area contributed by atoms with Crippen LogP contribution in [-0.4, -0.2) is 64.1 Å². The number of sulfonamides is 1. The highest BCUT2D eigenvalue weighted by molar-refractivity contribution is 7.89. The van der Waals surface area contributed by atoms with Gasteiger partial charge in [0.25, 0.3) is 5.91 Å². The van der Waals surface area contributed by atoms with E-state index in [0.29, 0.717) is 30.0 Å². The van der Waals surface area contributed by atoms with Gasteiger partial charge < -0.3 is 9.47 Å². The maximum absolute atomic E-state index is 13.2. The molecular weight excluding hydrogens is 426 g/mol. The Morgan fingerprint density at radius 3 is 1.94 bits per heavy atom. The molecule has 3 aromatic rings. The van der Waals surface area contributed by atoms with E-state index >= 15 is 0 Å². The van der Waals surface area contributed by atoms with Gasteiger partial charge in [-0.05, 0) is 64.1 Å². The van der Waals surface area contributed by atoms with Gasteiger partial charge in [0.05, 0.1) is 11.4 Å². The summed E-state index contributed by atoms with van der Waals surface area (Å²) in [6.07, 6.45) is 0. The largest absolute Gasteiger partial charge is 0.336 e. The summed E-state index contributed by atoms with van der Waals surface area (Å²) in [7, 11) is -1.91. The lowest BCUT2D eigenvalue weighted by molar-refractivity contribution is 0.0698. The standard InChI is InChI=1S/C23H29N5O3S/c1-16-6-7-17(2)28(16)21-10-8-20(9-11-21)23(29)26-12-14-27(15-13-26)32(30,31)22-18(3)24-25(5)19(22)4/h6-11H,12-15H2,1-5H3. The third-order valence-corrected chi connectivity index (χ3v) is 8.36. The molecule has 1 aliphatic rings. The Hall–Kier alpha value is -2.91. The van der Waals surface area contributed by atoms with Crippen LogP contribution < -0.4 is 0 Å². The van der Waals surface area contributed by atoms with Crippen LogP contribution in [0.5, 0.6) is 0 Å². The predicted molar refractivity (Wildman–Crippen MR) is 123 cm³/mol. The molecule has 0 bridgehead atoms. The van der Waals surface area contributed by atoms with Crippen LogP contribution in [-0.2, 0) is 17.1 Å². The molecule has 4 rings (SSSR count). The number of hydrogen-bond acceptors (Lipinski definition) is 4. The minimum absolute atomic E-state index is 0.0803. The zero-order chi connectivity index (χ0) is 23.2. The summed E-state index contributed by atoms with van der Waals surface area (Å²) in [5.41, 5.74) is 5.01. The van der Waals surface area contributed by atoms with E-state index in [1.807, 2.05) is 38.1 Å². The van der Waals surface area contributed by atoms with Crippen LogP contribution in [0.3, 0.4) is 0 Å². The van der Waals surface area contributed by atoms with E-state index in [1.165, 1.54) is 4.31 Å². The Morgan fingerprint density at radius 2 is 1.44 bits per heavy atom. The van der Waals surface area contributed by atoms with E-state index in [1.54, 1.807) is 30.5 Å². The third kappa shape index (κ3) is 3.75. The molecule has 0 spiro atoms. The zero-order valence-corrected chi connectivity index (χ0v) is 20.0. The number of rotatable bonds is 4. The monoisotopic (exact) mass is 455 g/mol. The van der Waals surface area contributed by atoms with Crippen molar-refractivity contribution in [1.82, 2.24) is 23.6 Å². The molecule has 1 aromatic carbocycles. The minimum atomic E-state index is -3.65. The first-order chi connectivity index (χ1) is 15.1. The highest BCUT2D eigenvalue weighted by Gasteiger charge is 2.34. The fraction of sp³-hybridized carbons (Fsp3) is 0.391. The molecule has 0 radical (unpaired) electrons. The molecule has 0 atom stereocenters. The summed E-state index contributed by atoms with van der Waals surface area (Å²) in [6.45, 7) is 8.81. The summed E-state index contributed by atoms with van der Waals surface area (Å²) < 4.78 is 31.5. The first-order valence-corrected chi connectivity index (χ1v) is 12.1. The highest BCUT2D eigenvalue weighted by atomic mass is 32.2. The average Bonchev–Trinajstić information content (AvgIpc) is 3.24. The van der Waals surface area contributed by atoms with Gasteiger partial charge in [0, 0.05) is 55.9 Å². The quantitative estimate of drug-likeness (QED) is 0.606. The van der Waals surface area contributed by atoms with Crippen LogP contribution in [0.15, 0.2) is 41.3 Å².